The van der Waals surface area contributed by atoms with Gasteiger partial charge in [0.05, 0.1) is 5.97 Å². The van der Waals surface area contributed by atoms with Crippen molar-refractivity contribution in [3.05, 3.63) is 35.4 Å². The number of carboxylic acids is 1. The quantitative estimate of drug-likeness (QED) is 0.845. The largest absolute Gasteiger partial charge is 0.546 e. The molecule has 0 N–H and O–H groups in total. The van der Waals surface area contributed by atoms with Crippen LogP contribution in [0, 0.1) is 11.3 Å². The van der Waals surface area contributed by atoms with Gasteiger partial charge in [0.2, 0.25) is 0 Å². The first-order valence-corrected chi connectivity index (χ1v) is 7.79. The van der Waals surface area contributed by atoms with Crippen molar-refractivity contribution < 1.29 is 19.4 Å². The Morgan fingerprint density at radius 1 is 1.36 bits per heavy atom. The zero-order valence-corrected chi connectivity index (χ0v) is 12.3. The van der Waals surface area contributed by atoms with Crippen molar-refractivity contribution >= 4 is 17.3 Å². The van der Waals surface area contributed by atoms with E-state index in [1.807, 2.05) is 18.2 Å². The standard InChI is InChI=1S/C18H18O4/c19-13-5-6-18(12-1-2-12)9-11-7-14(22-10-17(20)21)3-4-15(11)16(18)8-13/h3-4,7-8,12H,1-2,5-6,9-10H2,(H,20,21)/p-1. The van der Waals surface area contributed by atoms with Crippen molar-refractivity contribution in [2.45, 2.75) is 32.1 Å². The number of fused-ring (bicyclic) bond motifs is 3. The van der Waals surface area contributed by atoms with Crippen molar-refractivity contribution in [3.63, 3.8) is 0 Å². The fourth-order valence-corrected chi connectivity index (χ4v) is 4.14. The number of allylic oxidation sites excluding steroid dienone is 2. The molecule has 0 spiro atoms. The molecule has 0 aromatic heterocycles. The molecule has 114 valence electrons. The Hall–Kier alpha value is -2.10. The molecular formula is C18H17O4-. The van der Waals surface area contributed by atoms with E-state index in [0.29, 0.717) is 18.1 Å². The highest BCUT2D eigenvalue weighted by atomic mass is 16.5. The van der Waals surface area contributed by atoms with Gasteiger partial charge in [-0.15, -0.1) is 0 Å². The number of carbonyl (C=O) groups excluding carboxylic acids is 2. The highest BCUT2D eigenvalue weighted by Gasteiger charge is 2.52. The summed E-state index contributed by atoms with van der Waals surface area (Å²) in [6.45, 7) is -0.437. The van der Waals surface area contributed by atoms with Gasteiger partial charge in [0.15, 0.2) is 5.78 Å². The lowest BCUT2D eigenvalue weighted by atomic mass is 9.69. The number of hydrogen-bond donors (Lipinski definition) is 0. The molecule has 0 amide bonds. The number of rotatable bonds is 4. The summed E-state index contributed by atoms with van der Waals surface area (Å²) in [5.74, 6) is 0.236. The molecule has 0 heterocycles. The van der Waals surface area contributed by atoms with Crippen LogP contribution in [-0.2, 0) is 16.0 Å². The van der Waals surface area contributed by atoms with Crippen LogP contribution in [0.5, 0.6) is 5.75 Å². The van der Waals surface area contributed by atoms with Crippen LogP contribution >= 0.6 is 0 Å². The molecule has 1 fully saturated rings. The van der Waals surface area contributed by atoms with Crippen molar-refractivity contribution in [1.29, 1.82) is 0 Å². The molecule has 1 aromatic rings. The molecule has 0 aliphatic heterocycles. The smallest absolute Gasteiger partial charge is 0.156 e. The molecule has 4 heteroatoms. The fourth-order valence-electron chi connectivity index (χ4n) is 4.14. The van der Waals surface area contributed by atoms with Crippen molar-refractivity contribution in [1.82, 2.24) is 0 Å². The topological polar surface area (TPSA) is 66.4 Å². The second kappa shape index (κ2) is 4.70. The zero-order chi connectivity index (χ0) is 15.3. The highest BCUT2D eigenvalue weighted by molar-refractivity contribution is 6.01. The minimum atomic E-state index is -1.23. The van der Waals surface area contributed by atoms with Crippen LogP contribution in [0.1, 0.15) is 36.8 Å². The summed E-state index contributed by atoms with van der Waals surface area (Å²) in [5.41, 5.74) is 3.64. The Labute approximate surface area is 128 Å². The predicted octanol–water partition coefficient (Wildman–Crippen LogP) is 1.51. The number of ketones is 1. The van der Waals surface area contributed by atoms with E-state index in [4.69, 9.17) is 4.74 Å². The predicted molar refractivity (Wildman–Crippen MR) is 78.0 cm³/mol. The Morgan fingerprint density at radius 3 is 2.91 bits per heavy atom. The lowest BCUT2D eigenvalue weighted by Crippen LogP contribution is -2.28. The van der Waals surface area contributed by atoms with Gasteiger partial charge >= 0.3 is 0 Å². The Kier molecular flexibility index (Phi) is 2.90. The average molecular weight is 297 g/mol. The van der Waals surface area contributed by atoms with Crippen LogP contribution in [0.2, 0.25) is 0 Å². The van der Waals surface area contributed by atoms with E-state index < -0.39 is 12.6 Å². The summed E-state index contributed by atoms with van der Waals surface area (Å²) in [7, 11) is 0. The number of aliphatic carboxylic acids is 1. The molecule has 1 atom stereocenters. The van der Waals surface area contributed by atoms with Gasteiger partial charge in [-0.05, 0) is 66.5 Å². The lowest BCUT2D eigenvalue weighted by molar-refractivity contribution is -0.307. The van der Waals surface area contributed by atoms with Gasteiger partial charge in [-0.3, -0.25) is 4.79 Å². The van der Waals surface area contributed by atoms with Crippen molar-refractivity contribution in [3.8, 4) is 5.75 Å². The van der Waals surface area contributed by atoms with E-state index in [9.17, 15) is 14.7 Å². The van der Waals surface area contributed by atoms with Gasteiger partial charge in [-0.2, -0.15) is 0 Å². The monoisotopic (exact) mass is 297 g/mol. The van der Waals surface area contributed by atoms with Gasteiger partial charge in [0.25, 0.3) is 0 Å². The Bertz CT molecular complexity index is 699. The zero-order valence-electron chi connectivity index (χ0n) is 12.3. The molecule has 4 nitrogen and oxygen atoms in total. The van der Waals surface area contributed by atoms with E-state index in [0.717, 1.165) is 18.4 Å². The van der Waals surface area contributed by atoms with Crippen molar-refractivity contribution in [2.24, 2.45) is 11.3 Å². The summed E-state index contributed by atoms with van der Waals surface area (Å²) in [4.78, 5) is 22.4. The van der Waals surface area contributed by atoms with E-state index in [1.165, 1.54) is 24.0 Å². The maximum absolute atomic E-state index is 11.9. The molecule has 4 rings (SSSR count). The van der Waals surface area contributed by atoms with E-state index in [2.05, 4.69) is 0 Å². The third kappa shape index (κ3) is 2.05. The average Bonchev–Trinajstić information content (AvgIpc) is 3.29. The third-order valence-corrected chi connectivity index (χ3v) is 5.25. The summed E-state index contributed by atoms with van der Waals surface area (Å²) in [6.07, 6.45) is 6.85. The summed E-state index contributed by atoms with van der Waals surface area (Å²) in [6, 6.07) is 5.67. The molecule has 0 saturated heterocycles. The summed E-state index contributed by atoms with van der Waals surface area (Å²) in [5, 5.41) is 10.5. The van der Waals surface area contributed by atoms with Gasteiger partial charge in [-0.1, -0.05) is 6.07 Å². The normalized spacial score (nSPS) is 26.2. The number of ether oxygens (including phenoxy) is 1. The SMILES string of the molecule is O=C([O-])COc1ccc2c(c1)CC1(C3CC3)CCC(=O)C=C21. The molecule has 22 heavy (non-hydrogen) atoms. The first-order chi connectivity index (χ1) is 10.6. The molecule has 1 unspecified atom stereocenters. The van der Waals surface area contributed by atoms with Crippen LogP contribution in [-0.4, -0.2) is 18.4 Å². The second-order valence-electron chi connectivity index (χ2n) is 6.61. The maximum Gasteiger partial charge on any atom is 0.156 e. The van der Waals surface area contributed by atoms with Gasteiger partial charge < -0.3 is 14.6 Å². The maximum atomic E-state index is 11.9. The Morgan fingerprint density at radius 2 is 2.18 bits per heavy atom. The van der Waals surface area contributed by atoms with Crippen LogP contribution in [0.25, 0.3) is 5.57 Å². The second-order valence-corrected chi connectivity index (χ2v) is 6.61. The van der Waals surface area contributed by atoms with Crippen molar-refractivity contribution in [2.75, 3.05) is 6.61 Å². The lowest BCUT2D eigenvalue weighted by Gasteiger charge is -2.34. The summed E-state index contributed by atoms with van der Waals surface area (Å²) < 4.78 is 5.23. The molecule has 0 bridgehead atoms. The molecule has 1 aromatic carbocycles. The first-order valence-electron chi connectivity index (χ1n) is 7.79. The van der Waals surface area contributed by atoms with Crippen LogP contribution in [0.4, 0.5) is 0 Å². The Balaban J connectivity index is 1.70. The number of carboxylic acid groups (broad SMARTS) is 1. The van der Waals surface area contributed by atoms with E-state index in [1.54, 1.807) is 6.07 Å². The minimum Gasteiger partial charge on any atom is -0.546 e. The number of hydrogen-bond acceptors (Lipinski definition) is 4. The minimum absolute atomic E-state index is 0.128. The molecule has 3 aliphatic carbocycles. The fraction of sp³-hybridized carbons (Fsp3) is 0.444. The summed E-state index contributed by atoms with van der Waals surface area (Å²) >= 11 is 0. The first kappa shape index (κ1) is 13.6. The van der Waals surface area contributed by atoms with Crippen LogP contribution < -0.4 is 9.84 Å². The third-order valence-electron chi connectivity index (χ3n) is 5.25. The van der Waals surface area contributed by atoms with Crippen LogP contribution in [0.15, 0.2) is 24.3 Å². The molecule has 0 radical (unpaired) electrons. The van der Waals surface area contributed by atoms with Gasteiger partial charge in [0.1, 0.15) is 12.4 Å². The molecule has 3 aliphatic rings. The van der Waals surface area contributed by atoms with Crippen LogP contribution in [0.3, 0.4) is 0 Å². The number of benzene rings is 1. The van der Waals surface area contributed by atoms with Gasteiger partial charge in [0, 0.05) is 11.8 Å². The van der Waals surface area contributed by atoms with E-state index >= 15 is 0 Å². The molecular weight excluding hydrogens is 280 g/mol. The van der Waals surface area contributed by atoms with E-state index in [-0.39, 0.29) is 11.2 Å². The van der Waals surface area contributed by atoms with Gasteiger partial charge in [-0.25, -0.2) is 0 Å². The number of carbonyl (C=O) groups is 2. The highest BCUT2D eigenvalue weighted by Crippen LogP contribution is 2.62. The molecule has 1 saturated carbocycles.